The van der Waals surface area contributed by atoms with Crippen molar-refractivity contribution in [2.24, 2.45) is 0 Å². The van der Waals surface area contributed by atoms with Crippen molar-refractivity contribution in [3.63, 3.8) is 0 Å². The van der Waals surface area contributed by atoms with Crippen LogP contribution in [0.1, 0.15) is 54.3 Å². The Morgan fingerprint density at radius 1 is 1.25 bits per heavy atom. The molecule has 0 saturated carbocycles. The Hall–Kier alpha value is -2.56. The van der Waals surface area contributed by atoms with E-state index in [-0.39, 0.29) is 29.0 Å². The number of amides is 1. The average molecular weight is 326 g/mol. The molecule has 0 fully saturated rings. The number of hydrogen-bond acceptors (Lipinski definition) is 3. The van der Waals surface area contributed by atoms with Gasteiger partial charge in [0.05, 0.1) is 12.6 Å². The van der Waals surface area contributed by atoms with E-state index in [2.05, 4.69) is 4.98 Å². The molecule has 5 nitrogen and oxygen atoms in total. The number of pyridine rings is 1. The molecule has 126 valence electrons. The molecule has 1 N–H and O–H groups in total. The van der Waals surface area contributed by atoms with Gasteiger partial charge < -0.3 is 14.6 Å². The minimum absolute atomic E-state index is 0.152. The molecule has 24 heavy (non-hydrogen) atoms. The quantitative estimate of drug-likeness (QED) is 0.922. The highest BCUT2D eigenvalue weighted by molar-refractivity contribution is 5.94. The van der Waals surface area contributed by atoms with Gasteiger partial charge >= 0.3 is 0 Å². The number of carbonyl (C=O) groups is 1. The van der Waals surface area contributed by atoms with Gasteiger partial charge in [0.1, 0.15) is 17.9 Å². The molecule has 0 bridgehead atoms. The summed E-state index contributed by atoms with van der Waals surface area (Å²) in [5, 5.41) is 0. The van der Waals surface area contributed by atoms with E-state index in [1.807, 2.05) is 51.1 Å². The fourth-order valence-electron chi connectivity index (χ4n) is 3.00. The van der Waals surface area contributed by atoms with Crippen molar-refractivity contribution < 1.29 is 9.53 Å². The van der Waals surface area contributed by atoms with E-state index in [0.717, 1.165) is 17.0 Å². The van der Waals surface area contributed by atoms with Crippen molar-refractivity contribution in [2.75, 3.05) is 13.2 Å². The summed E-state index contributed by atoms with van der Waals surface area (Å²) in [6.45, 7) is 6.81. The van der Waals surface area contributed by atoms with Crippen LogP contribution in [-0.2, 0) is 0 Å². The lowest BCUT2D eigenvalue weighted by Gasteiger charge is -2.27. The summed E-state index contributed by atoms with van der Waals surface area (Å²) >= 11 is 0. The van der Waals surface area contributed by atoms with Crippen LogP contribution in [0.25, 0.3) is 0 Å². The van der Waals surface area contributed by atoms with Crippen LogP contribution in [0.15, 0.2) is 41.2 Å². The number of rotatable bonds is 2. The third kappa shape index (κ3) is 2.94. The van der Waals surface area contributed by atoms with E-state index in [1.165, 1.54) is 0 Å². The molecule has 0 aliphatic carbocycles. The molecule has 0 radical (unpaired) electrons. The number of H-pyrrole nitrogens is 1. The van der Waals surface area contributed by atoms with Gasteiger partial charge in [-0.2, -0.15) is 0 Å². The van der Waals surface area contributed by atoms with Crippen molar-refractivity contribution >= 4 is 5.91 Å². The Morgan fingerprint density at radius 2 is 2.00 bits per heavy atom. The van der Waals surface area contributed by atoms with Gasteiger partial charge in [0.25, 0.3) is 11.5 Å². The summed E-state index contributed by atoms with van der Waals surface area (Å²) in [5.74, 6) is 0.739. The largest absolute Gasteiger partial charge is 0.491 e. The first kappa shape index (κ1) is 16.3. The smallest absolute Gasteiger partial charge is 0.261 e. The SMILES string of the molecule is CC(C)c1ccc(C(=O)N2CCOc3ccccc3C2C)c(=O)[nH]1. The first-order chi connectivity index (χ1) is 11.5. The number of aromatic nitrogens is 1. The van der Waals surface area contributed by atoms with Crippen LogP contribution in [0.5, 0.6) is 5.75 Å². The molecular formula is C19H22N2O3. The summed E-state index contributed by atoms with van der Waals surface area (Å²) in [4.78, 5) is 29.8. The number of carbonyl (C=O) groups excluding carboxylic acids is 1. The summed E-state index contributed by atoms with van der Waals surface area (Å²) in [7, 11) is 0. The topological polar surface area (TPSA) is 62.4 Å². The Labute approximate surface area is 141 Å². The number of fused-ring (bicyclic) bond motifs is 1. The Kier molecular flexibility index (Phi) is 4.42. The molecule has 1 amide bonds. The third-order valence-electron chi connectivity index (χ3n) is 4.47. The number of benzene rings is 1. The van der Waals surface area contributed by atoms with Gasteiger partial charge in [-0.25, -0.2) is 0 Å². The van der Waals surface area contributed by atoms with Crippen LogP contribution in [0.4, 0.5) is 0 Å². The fourth-order valence-corrected chi connectivity index (χ4v) is 3.00. The van der Waals surface area contributed by atoms with Crippen molar-refractivity contribution in [3.05, 3.63) is 63.6 Å². The van der Waals surface area contributed by atoms with Crippen molar-refractivity contribution in [1.82, 2.24) is 9.88 Å². The maximum Gasteiger partial charge on any atom is 0.261 e. The molecule has 0 spiro atoms. The summed E-state index contributed by atoms with van der Waals surface area (Å²) in [6.07, 6.45) is 0. The van der Waals surface area contributed by atoms with E-state index in [9.17, 15) is 9.59 Å². The van der Waals surface area contributed by atoms with Crippen molar-refractivity contribution in [3.8, 4) is 5.75 Å². The number of aromatic amines is 1. The van der Waals surface area contributed by atoms with Crippen molar-refractivity contribution in [1.29, 1.82) is 0 Å². The lowest BCUT2D eigenvalue weighted by molar-refractivity contribution is 0.0680. The molecular weight excluding hydrogens is 304 g/mol. The molecule has 3 rings (SSSR count). The number of nitrogens with one attached hydrogen (secondary N) is 1. The highest BCUT2D eigenvalue weighted by Crippen LogP contribution is 2.32. The average Bonchev–Trinajstić information content (AvgIpc) is 2.73. The molecule has 1 aromatic heterocycles. The second-order valence-corrected chi connectivity index (χ2v) is 6.37. The Bertz CT molecular complexity index is 810. The molecule has 5 heteroatoms. The second-order valence-electron chi connectivity index (χ2n) is 6.37. The lowest BCUT2D eigenvalue weighted by Crippen LogP contribution is -2.38. The van der Waals surface area contributed by atoms with Gasteiger partial charge in [-0.15, -0.1) is 0 Å². The van der Waals surface area contributed by atoms with E-state index in [0.29, 0.717) is 13.2 Å². The maximum atomic E-state index is 12.9. The van der Waals surface area contributed by atoms with Gasteiger partial charge in [-0.05, 0) is 31.0 Å². The summed E-state index contributed by atoms with van der Waals surface area (Å²) in [5.41, 5.74) is 1.62. The summed E-state index contributed by atoms with van der Waals surface area (Å²) < 4.78 is 5.74. The van der Waals surface area contributed by atoms with Crippen molar-refractivity contribution in [2.45, 2.75) is 32.7 Å². The highest BCUT2D eigenvalue weighted by Gasteiger charge is 2.28. The monoisotopic (exact) mass is 326 g/mol. The number of ether oxygens (including phenoxy) is 1. The summed E-state index contributed by atoms with van der Waals surface area (Å²) in [6, 6.07) is 11.0. The third-order valence-corrected chi connectivity index (χ3v) is 4.47. The van der Waals surface area contributed by atoms with E-state index < -0.39 is 0 Å². The van der Waals surface area contributed by atoms with Gasteiger partial charge in [0.2, 0.25) is 0 Å². The highest BCUT2D eigenvalue weighted by atomic mass is 16.5. The predicted octanol–water partition coefficient (Wildman–Crippen LogP) is 3.09. The molecule has 1 atom stereocenters. The minimum atomic E-state index is -0.336. The number of para-hydroxylation sites is 1. The molecule has 1 aromatic carbocycles. The minimum Gasteiger partial charge on any atom is -0.491 e. The molecule has 1 aliphatic heterocycles. The van der Waals surface area contributed by atoms with Gasteiger partial charge in [0, 0.05) is 11.3 Å². The van der Waals surface area contributed by atoms with Crippen LogP contribution < -0.4 is 10.3 Å². The first-order valence-corrected chi connectivity index (χ1v) is 8.25. The lowest BCUT2D eigenvalue weighted by atomic mass is 10.0. The predicted molar refractivity (Wildman–Crippen MR) is 92.5 cm³/mol. The van der Waals surface area contributed by atoms with Gasteiger partial charge in [0.15, 0.2) is 0 Å². The van der Waals surface area contributed by atoms with E-state index >= 15 is 0 Å². The van der Waals surface area contributed by atoms with E-state index in [4.69, 9.17) is 4.74 Å². The number of hydrogen-bond donors (Lipinski definition) is 1. The number of nitrogens with zero attached hydrogens (tertiary/aromatic N) is 1. The van der Waals surface area contributed by atoms with Crippen LogP contribution in [0, 0.1) is 0 Å². The fraction of sp³-hybridized carbons (Fsp3) is 0.368. The van der Waals surface area contributed by atoms with Crippen LogP contribution in [-0.4, -0.2) is 28.9 Å². The van der Waals surface area contributed by atoms with Gasteiger partial charge in [-0.1, -0.05) is 32.0 Å². The van der Waals surface area contributed by atoms with E-state index in [1.54, 1.807) is 11.0 Å². The molecule has 1 unspecified atom stereocenters. The molecule has 1 aliphatic rings. The normalized spacial score (nSPS) is 17.2. The van der Waals surface area contributed by atoms with Crippen LogP contribution >= 0.6 is 0 Å². The molecule has 2 heterocycles. The Morgan fingerprint density at radius 3 is 2.71 bits per heavy atom. The zero-order valence-electron chi connectivity index (χ0n) is 14.2. The molecule has 2 aromatic rings. The standard InChI is InChI=1S/C19H22N2O3/c1-12(2)16-9-8-15(18(22)20-16)19(23)21-10-11-24-17-7-5-4-6-14(17)13(21)3/h4-9,12-13H,10-11H2,1-3H3,(H,20,22). The first-order valence-electron chi connectivity index (χ1n) is 8.25. The van der Waals surface area contributed by atoms with Crippen LogP contribution in [0.3, 0.4) is 0 Å². The van der Waals surface area contributed by atoms with Gasteiger partial charge in [-0.3, -0.25) is 9.59 Å². The van der Waals surface area contributed by atoms with Crippen LogP contribution in [0.2, 0.25) is 0 Å². The second kappa shape index (κ2) is 6.51. The maximum absolute atomic E-state index is 12.9. The zero-order chi connectivity index (χ0) is 17.3. The zero-order valence-corrected chi connectivity index (χ0v) is 14.2. The Balaban J connectivity index is 1.94. The molecule has 0 saturated heterocycles.